The summed E-state index contributed by atoms with van der Waals surface area (Å²) in [4.78, 5) is 12.5. The van der Waals surface area contributed by atoms with Crippen LogP contribution in [-0.4, -0.2) is 5.91 Å². The predicted octanol–water partition coefficient (Wildman–Crippen LogP) is 6.45. The summed E-state index contributed by atoms with van der Waals surface area (Å²) in [5, 5.41) is 13.5. The average Bonchev–Trinajstić information content (AvgIpc) is 2.77. The van der Waals surface area contributed by atoms with Gasteiger partial charge < -0.3 is 10.1 Å². The Balaban J connectivity index is 1.81. The molecule has 31 heavy (non-hydrogen) atoms. The van der Waals surface area contributed by atoms with E-state index in [-0.39, 0.29) is 17.2 Å². The minimum absolute atomic E-state index is 0.0920. The van der Waals surface area contributed by atoms with Crippen molar-refractivity contribution in [2.45, 2.75) is 13.2 Å². The Labute approximate surface area is 195 Å². The number of rotatable bonds is 7. The zero-order valence-corrected chi connectivity index (χ0v) is 18.5. The Morgan fingerprint density at radius 2 is 1.68 bits per heavy atom. The van der Waals surface area contributed by atoms with Crippen LogP contribution in [0.1, 0.15) is 16.7 Å². The van der Waals surface area contributed by atoms with Crippen LogP contribution in [0.25, 0.3) is 6.08 Å². The number of hydrogen-bond donors (Lipinski definition) is 1. The van der Waals surface area contributed by atoms with Crippen LogP contribution in [0, 0.1) is 11.3 Å². The maximum Gasteiger partial charge on any atom is 0.262 e. The minimum atomic E-state index is -0.508. The summed E-state index contributed by atoms with van der Waals surface area (Å²) in [6.45, 7) is 0.524. The lowest BCUT2D eigenvalue weighted by Crippen LogP contribution is -2.23. The number of halogens is 3. The summed E-state index contributed by atoms with van der Waals surface area (Å²) in [5.74, 6) is -0.185. The number of amides is 1. The quantitative estimate of drug-likeness (QED) is 0.318. The number of carbonyl (C=O) groups is 1. The number of carbonyl (C=O) groups excluding carboxylic acids is 1. The van der Waals surface area contributed by atoms with E-state index in [1.807, 2.05) is 48.5 Å². The Bertz CT molecular complexity index is 1140. The highest BCUT2D eigenvalue weighted by Gasteiger charge is 2.14. The second-order valence-corrected chi connectivity index (χ2v) is 7.84. The molecular formula is C24H17Cl3N2O2. The van der Waals surface area contributed by atoms with E-state index in [2.05, 4.69) is 5.32 Å². The summed E-state index contributed by atoms with van der Waals surface area (Å²) < 4.78 is 5.88. The third-order valence-electron chi connectivity index (χ3n) is 4.29. The topological polar surface area (TPSA) is 62.1 Å². The van der Waals surface area contributed by atoms with Gasteiger partial charge in [-0.15, -0.1) is 0 Å². The summed E-state index contributed by atoms with van der Waals surface area (Å²) >= 11 is 18.4. The Morgan fingerprint density at radius 1 is 0.968 bits per heavy atom. The third kappa shape index (κ3) is 6.50. The van der Waals surface area contributed by atoms with Gasteiger partial charge in [-0.3, -0.25) is 4.79 Å². The first-order valence-electron chi connectivity index (χ1n) is 9.26. The van der Waals surface area contributed by atoms with Crippen LogP contribution in [0.5, 0.6) is 5.75 Å². The fourth-order valence-corrected chi connectivity index (χ4v) is 3.44. The molecule has 1 amide bonds. The first-order valence-corrected chi connectivity index (χ1v) is 10.4. The lowest BCUT2D eigenvalue weighted by Gasteiger charge is -2.13. The van der Waals surface area contributed by atoms with E-state index in [9.17, 15) is 10.1 Å². The zero-order chi connectivity index (χ0) is 22.2. The molecule has 0 heterocycles. The number of nitrogens with one attached hydrogen (secondary N) is 1. The number of nitriles is 1. The molecule has 0 aromatic heterocycles. The molecule has 0 saturated carbocycles. The van der Waals surface area contributed by atoms with Gasteiger partial charge in [0.25, 0.3) is 5.91 Å². The van der Waals surface area contributed by atoms with E-state index in [0.29, 0.717) is 27.9 Å². The molecule has 7 heteroatoms. The Kier molecular flexibility index (Phi) is 7.97. The highest BCUT2D eigenvalue weighted by molar-refractivity contribution is 6.36. The molecule has 0 radical (unpaired) electrons. The van der Waals surface area contributed by atoms with Crippen LogP contribution in [-0.2, 0) is 17.9 Å². The first-order chi connectivity index (χ1) is 15.0. The van der Waals surface area contributed by atoms with Crippen molar-refractivity contribution in [3.63, 3.8) is 0 Å². The van der Waals surface area contributed by atoms with Gasteiger partial charge in [0.05, 0.1) is 5.02 Å². The smallest absolute Gasteiger partial charge is 0.262 e. The van der Waals surface area contributed by atoms with Gasteiger partial charge in [-0.1, -0.05) is 77.3 Å². The summed E-state index contributed by atoms with van der Waals surface area (Å²) in [6.07, 6.45) is 1.41. The van der Waals surface area contributed by atoms with Gasteiger partial charge in [0.15, 0.2) is 0 Å². The molecule has 0 aliphatic carbocycles. The van der Waals surface area contributed by atoms with E-state index in [1.165, 1.54) is 6.08 Å². The maximum absolute atomic E-state index is 12.5. The molecule has 0 bridgehead atoms. The van der Waals surface area contributed by atoms with Gasteiger partial charge >= 0.3 is 0 Å². The van der Waals surface area contributed by atoms with E-state index in [0.717, 1.165) is 11.1 Å². The molecule has 3 rings (SSSR count). The highest BCUT2D eigenvalue weighted by Crippen LogP contribution is 2.34. The van der Waals surface area contributed by atoms with Crippen molar-refractivity contribution in [2.75, 3.05) is 0 Å². The van der Waals surface area contributed by atoms with Crippen LogP contribution in [0.3, 0.4) is 0 Å². The van der Waals surface area contributed by atoms with Crippen LogP contribution in [0.2, 0.25) is 15.1 Å². The van der Waals surface area contributed by atoms with E-state index >= 15 is 0 Å². The Morgan fingerprint density at radius 3 is 2.35 bits per heavy atom. The summed E-state index contributed by atoms with van der Waals surface area (Å²) in [5.41, 5.74) is 2.14. The lowest BCUT2D eigenvalue weighted by atomic mass is 10.1. The van der Waals surface area contributed by atoms with Gasteiger partial charge in [0.1, 0.15) is 24.0 Å². The number of ether oxygens (including phenoxy) is 1. The summed E-state index contributed by atoms with van der Waals surface area (Å²) in [7, 11) is 0. The van der Waals surface area contributed by atoms with Crippen LogP contribution >= 0.6 is 34.8 Å². The predicted molar refractivity (Wildman–Crippen MR) is 124 cm³/mol. The van der Waals surface area contributed by atoms with Gasteiger partial charge in [0, 0.05) is 22.2 Å². The maximum atomic E-state index is 12.5. The van der Waals surface area contributed by atoms with E-state index < -0.39 is 5.91 Å². The van der Waals surface area contributed by atoms with Gasteiger partial charge in [0.2, 0.25) is 0 Å². The van der Waals surface area contributed by atoms with Crippen molar-refractivity contribution in [1.29, 1.82) is 5.26 Å². The fourth-order valence-electron chi connectivity index (χ4n) is 2.75. The van der Waals surface area contributed by atoms with Crippen molar-refractivity contribution in [3.8, 4) is 11.8 Å². The van der Waals surface area contributed by atoms with Crippen molar-refractivity contribution >= 4 is 46.8 Å². The fraction of sp³-hybridized carbons (Fsp3) is 0.0833. The van der Waals surface area contributed by atoms with Crippen molar-refractivity contribution in [2.24, 2.45) is 0 Å². The van der Waals surface area contributed by atoms with Crippen LogP contribution < -0.4 is 10.1 Å². The molecule has 1 N–H and O–H groups in total. The van der Waals surface area contributed by atoms with E-state index in [1.54, 1.807) is 24.3 Å². The molecular weight excluding hydrogens is 455 g/mol. The average molecular weight is 472 g/mol. The first kappa shape index (κ1) is 22.7. The van der Waals surface area contributed by atoms with Crippen LogP contribution in [0.4, 0.5) is 0 Å². The molecule has 0 spiro atoms. The molecule has 0 aliphatic rings. The molecule has 0 saturated heterocycles. The van der Waals surface area contributed by atoms with Gasteiger partial charge in [-0.2, -0.15) is 5.26 Å². The van der Waals surface area contributed by atoms with Crippen LogP contribution in [0.15, 0.2) is 72.3 Å². The molecule has 0 aliphatic heterocycles. The standard InChI is InChI=1S/C24H17Cl3N2O2/c25-20-8-6-17(7-9-20)15-31-23-18(11-21(26)12-22(23)27)10-19(13-28)24(30)29-14-16-4-2-1-3-5-16/h1-12H,14-15H2,(H,29,30)/b19-10+. The zero-order valence-electron chi connectivity index (χ0n) is 16.2. The SMILES string of the molecule is N#C/C(=C\c1cc(Cl)cc(Cl)c1OCc1ccc(Cl)cc1)C(=O)NCc1ccccc1. The number of nitrogens with zero attached hydrogens (tertiary/aromatic N) is 1. The number of benzene rings is 3. The molecule has 0 fully saturated rings. The molecule has 0 atom stereocenters. The second kappa shape index (κ2) is 10.9. The Hall–Kier alpha value is -2.97. The number of hydrogen-bond acceptors (Lipinski definition) is 3. The molecule has 156 valence electrons. The monoisotopic (exact) mass is 470 g/mol. The van der Waals surface area contributed by atoms with E-state index in [4.69, 9.17) is 39.5 Å². The second-order valence-electron chi connectivity index (χ2n) is 6.56. The van der Waals surface area contributed by atoms with Crippen molar-refractivity contribution in [3.05, 3.63) is 104 Å². The highest BCUT2D eigenvalue weighted by atomic mass is 35.5. The normalized spacial score (nSPS) is 11.0. The lowest BCUT2D eigenvalue weighted by molar-refractivity contribution is -0.117. The molecule has 0 unspecified atom stereocenters. The third-order valence-corrected chi connectivity index (χ3v) is 5.05. The minimum Gasteiger partial charge on any atom is -0.487 e. The molecule has 3 aromatic carbocycles. The van der Waals surface area contributed by atoms with Crippen molar-refractivity contribution in [1.82, 2.24) is 5.32 Å². The summed E-state index contributed by atoms with van der Waals surface area (Å²) in [6, 6.07) is 21.6. The largest absolute Gasteiger partial charge is 0.487 e. The van der Waals surface area contributed by atoms with Crippen molar-refractivity contribution < 1.29 is 9.53 Å². The molecule has 4 nitrogen and oxygen atoms in total. The molecule has 3 aromatic rings. The van der Waals surface area contributed by atoms with Gasteiger partial charge in [-0.25, -0.2) is 0 Å². The van der Waals surface area contributed by atoms with Gasteiger partial charge in [-0.05, 0) is 41.5 Å².